The number of pyridine rings is 1. The number of amides is 1. The maximum absolute atomic E-state index is 12.5. The molecule has 1 fully saturated rings. The Labute approximate surface area is 143 Å². The number of hydrogen-bond acceptors (Lipinski definition) is 5. The molecule has 0 aliphatic carbocycles. The summed E-state index contributed by atoms with van der Waals surface area (Å²) in [4.78, 5) is 18.4. The number of nitrogens with zero attached hydrogens (tertiary/aromatic N) is 2. The molecule has 1 atom stereocenters. The highest BCUT2D eigenvalue weighted by Crippen LogP contribution is 2.18. The molecule has 1 amide bonds. The van der Waals surface area contributed by atoms with Gasteiger partial charge in [-0.1, -0.05) is 0 Å². The third kappa shape index (κ3) is 6.32. The second-order valence-corrected chi connectivity index (χ2v) is 7.45. The van der Waals surface area contributed by atoms with E-state index in [4.69, 9.17) is 5.73 Å². The molecule has 7 nitrogen and oxygen atoms in total. The standard InChI is InChI=1S/C14H22N4O3S.ClH/c1-22(20,21)17-10-13-4-2-3-7-18(13)14(19)8-12-6-5-11(15)9-16-12;/h5-6,9,13,17H,2-4,7-8,10,15H2,1H3;1H. The number of hydrogen-bond donors (Lipinski definition) is 2. The summed E-state index contributed by atoms with van der Waals surface area (Å²) in [6.45, 7) is 0.920. The molecule has 0 bridgehead atoms. The first kappa shape index (κ1) is 19.7. The number of carbonyl (C=O) groups is 1. The van der Waals surface area contributed by atoms with Crippen molar-refractivity contribution in [2.24, 2.45) is 0 Å². The van der Waals surface area contributed by atoms with Crippen molar-refractivity contribution in [1.82, 2.24) is 14.6 Å². The Balaban J connectivity index is 0.00000264. The van der Waals surface area contributed by atoms with Crippen LogP contribution in [0.4, 0.5) is 5.69 Å². The van der Waals surface area contributed by atoms with E-state index in [1.165, 1.54) is 6.20 Å². The highest BCUT2D eigenvalue weighted by atomic mass is 35.5. The van der Waals surface area contributed by atoms with Gasteiger partial charge < -0.3 is 10.6 Å². The molecule has 9 heteroatoms. The Kier molecular flexibility index (Phi) is 7.24. The third-order valence-corrected chi connectivity index (χ3v) is 4.40. The summed E-state index contributed by atoms with van der Waals surface area (Å²) in [5.74, 6) is -0.0303. The molecule has 1 aromatic rings. The molecule has 23 heavy (non-hydrogen) atoms. The minimum absolute atomic E-state index is 0. The number of anilines is 1. The van der Waals surface area contributed by atoms with Crippen LogP contribution in [0.2, 0.25) is 0 Å². The van der Waals surface area contributed by atoms with Gasteiger partial charge in [0, 0.05) is 24.8 Å². The van der Waals surface area contributed by atoms with Crippen LogP contribution in [0.1, 0.15) is 25.0 Å². The van der Waals surface area contributed by atoms with Gasteiger partial charge in [-0.15, -0.1) is 12.4 Å². The highest BCUT2D eigenvalue weighted by Gasteiger charge is 2.27. The molecule has 130 valence electrons. The molecule has 2 rings (SSSR count). The number of halogens is 1. The summed E-state index contributed by atoms with van der Waals surface area (Å²) in [5, 5.41) is 0. The molecule has 0 saturated carbocycles. The quantitative estimate of drug-likeness (QED) is 0.796. The summed E-state index contributed by atoms with van der Waals surface area (Å²) in [7, 11) is -3.25. The summed E-state index contributed by atoms with van der Waals surface area (Å²) in [5.41, 5.74) is 6.81. The summed E-state index contributed by atoms with van der Waals surface area (Å²) >= 11 is 0. The summed E-state index contributed by atoms with van der Waals surface area (Å²) < 4.78 is 25.0. The van der Waals surface area contributed by atoms with E-state index in [1.807, 2.05) is 0 Å². The molecule has 1 saturated heterocycles. The number of carbonyl (C=O) groups excluding carboxylic acids is 1. The van der Waals surface area contributed by atoms with Gasteiger partial charge >= 0.3 is 0 Å². The molecule has 1 aromatic heterocycles. The normalized spacial score (nSPS) is 18.3. The van der Waals surface area contributed by atoms with E-state index < -0.39 is 10.0 Å². The van der Waals surface area contributed by atoms with Crippen molar-refractivity contribution < 1.29 is 13.2 Å². The Hall–Kier alpha value is -1.38. The van der Waals surface area contributed by atoms with E-state index in [1.54, 1.807) is 17.0 Å². The Morgan fingerprint density at radius 1 is 1.43 bits per heavy atom. The predicted octanol–water partition coefficient (Wildman–Crippen LogP) is 0.558. The minimum Gasteiger partial charge on any atom is -0.397 e. The van der Waals surface area contributed by atoms with E-state index >= 15 is 0 Å². The lowest BCUT2D eigenvalue weighted by molar-refractivity contribution is -0.134. The van der Waals surface area contributed by atoms with Crippen molar-refractivity contribution in [2.75, 3.05) is 25.1 Å². The molecular weight excluding hydrogens is 340 g/mol. The fourth-order valence-corrected chi connectivity index (χ4v) is 3.08. The van der Waals surface area contributed by atoms with Gasteiger partial charge in [0.1, 0.15) is 0 Å². The lowest BCUT2D eigenvalue weighted by atomic mass is 10.0. The number of sulfonamides is 1. The van der Waals surface area contributed by atoms with Crippen molar-refractivity contribution in [3.05, 3.63) is 24.0 Å². The van der Waals surface area contributed by atoms with Gasteiger partial charge in [-0.2, -0.15) is 0 Å². The zero-order valence-electron chi connectivity index (χ0n) is 13.1. The zero-order valence-corrected chi connectivity index (χ0v) is 14.7. The van der Waals surface area contributed by atoms with Gasteiger partial charge in [-0.25, -0.2) is 13.1 Å². The van der Waals surface area contributed by atoms with Gasteiger partial charge in [-0.05, 0) is 31.4 Å². The predicted molar refractivity (Wildman–Crippen MR) is 91.8 cm³/mol. The fourth-order valence-electron chi connectivity index (χ4n) is 2.59. The number of rotatable bonds is 5. The number of nitrogens with one attached hydrogen (secondary N) is 1. The van der Waals surface area contributed by atoms with Crippen LogP contribution in [-0.2, 0) is 21.2 Å². The topological polar surface area (TPSA) is 105 Å². The number of piperidine rings is 1. The summed E-state index contributed by atoms with van der Waals surface area (Å²) in [6.07, 6.45) is 5.61. The van der Waals surface area contributed by atoms with Gasteiger partial charge in [-0.3, -0.25) is 9.78 Å². The maximum Gasteiger partial charge on any atom is 0.228 e. The molecule has 0 spiro atoms. The minimum atomic E-state index is -3.25. The first-order valence-corrected chi connectivity index (χ1v) is 9.19. The molecule has 1 aliphatic rings. The van der Waals surface area contributed by atoms with Gasteiger partial charge in [0.25, 0.3) is 0 Å². The molecule has 1 aliphatic heterocycles. The van der Waals surface area contributed by atoms with Crippen LogP contribution in [0, 0.1) is 0 Å². The van der Waals surface area contributed by atoms with Crippen molar-refractivity contribution in [3.63, 3.8) is 0 Å². The average molecular weight is 363 g/mol. The highest BCUT2D eigenvalue weighted by molar-refractivity contribution is 7.88. The lowest BCUT2D eigenvalue weighted by Gasteiger charge is -2.35. The SMILES string of the molecule is CS(=O)(=O)NCC1CCCCN1C(=O)Cc1ccc(N)cn1.Cl. The van der Waals surface area contributed by atoms with Crippen molar-refractivity contribution in [1.29, 1.82) is 0 Å². The largest absolute Gasteiger partial charge is 0.397 e. The fraction of sp³-hybridized carbons (Fsp3) is 0.571. The monoisotopic (exact) mass is 362 g/mol. The second-order valence-electron chi connectivity index (χ2n) is 5.62. The van der Waals surface area contributed by atoms with Crippen LogP contribution < -0.4 is 10.5 Å². The van der Waals surface area contributed by atoms with Gasteiger partial charge in [0.15, 0.2) is 0 Å². The van der Waals surface area contributed by atoms with Crippen molar-refractivity contribution >= 4 is 34.0 Å². The van der Waals surface area contributed by atoms with E-state index in [-0.39, 0.29) is 37.3 Å². The van der Waals surface area contributed by atoms with Crippen LogP contribution in [0.15, 0.2) is 18.3 Å². The number of aromatic nitrogens is 1. The van der Waals surface area contributed by atoms with Gasteiger partial charge in [0.05, 0.1) is 24.6 Å². The Bertz CT molecular complexity index is 621. The molecule has 2 heterocycles. The zero-order chi connectivity index (χ0) is 16.2. The molecular formula is C14H23ClN4O3S. The first-order valence-electron chi connectivity index (χ1n) is 7.29. The van der Waals surface area contributed by atoms with Crippen LogP contribution in [0.3, 0.4) is 0 Å². The van der Waals surface area contributed by atoms with E-state index in [0.29, 0.717) is 17.9 Å². The average Bonchev–Trinajstić information content (AvgIpc) is 2.47. The van der Waals surface area contributed by atoms with Crippen LogP contribution in [0.5, 0.6) is 0 Å². The maximum atomic E-state index is 12.5. The van der Waals surface area contributed by atoms with Crippen molar-refractivity contribution in [2.45, 2.75) is 31.7 Å². The summed E-state index contributed by atoms with van der Waals surface area (Å²) in [6, 6.07) is 3.36. The van der Waals surface area contributed by atoms with Crippen LogP contribution in [0.25, 0.3) is 0 Å². The number of likely N-dealkylation sites (tertiary alicyclic amines) is 1. The lowest BCUT2D eigenvalue weighted by Crippen LogP contribution is -2.49. The molecule has 1 unspecified atom stereocenters. The second kappa shape index (κ2) is 8.47. The molecule has 0 aromatic carbocycles. The van der Waals surface area contributed by atoms with E-state index in [0.717, 1.165) is 25.5 Å². The van der Waals surface area contributed by atoms with Crippen molar-refractivity contribution in [3.8, 4) is 0 Å². The molecule has 3 N–H and O–H groups in total. The van der Waals surface area contributed by atoms with E-state index in [9.17, 15) is 13.2 Å². The third-order valence-electron chi connectivity index (χ3n) is 3.71. The van der Waals surface area contributed by atoms with E-state index in [2.05, 4.69) is 9.71 Å². The van der Waals surface area contributed by atoms with Crippen LogP contribution >= 0.6 is 12.4 Å². The smallest absolute Gasteiger partial charge is 0.228 e. The Morgan fingerprint density at radius 2 is 2.17 bits per heavy atom. The van der Waals surface area contributed by atoms with Crippen LogP contribution in [-0.4, -0.2) is 49.6 Å². The molecule has 0 radical (unpaired) electrons. The Morgan fingerprint density at radius 3 is 2.78 bits per heavy atom. The number of nitrogen functional groups attached to an aromatic ring is 1. The number of nitrogens with two attached hydrogens (primary N) is 1. The first-order chi connectivity index (χ1) is 10.3. The van der Waals surface area contributed by atoms with Gasteiger partial charge in [0.2, 0.25) is 15.9 Å².